The first kappa shape index (κ1) is 8.11. The average Bonchev–Trinajstić information content (AvgIpc) is 2.74. The first-order valence-corrected chi connectivity index (χ1v) is 4.64. The van der Waals surface area contributed by atoms with E-state index in [9.17, 15) is 0 Å². The van der Waals surface area contributed by atoms with E-state index in [1.807, 2.05) is 28.9 Å². The van der Waals surface area contributed by atoms with Gasteiger partial charge in [-0.25, -0.2) is 4.52 Å². The van der Waals surface area contributed by atoms with Gasteiger partial charge in [0.1, 0.15) is 0 Å². The molecule has 3 aromatic rings. The smallest absolute Gasteiger partial charge is 0.0923 e. The van der Waals surface area contributed by atoms with Crippen LogP contribution in [0.15, 0.2) is 49.2 Å². The predicted octanol–water partition coefficient (Wildman–Crippen LogP) is 1.79. The van der Waals surface area contributed by atoms with Crippen molar-refractivity contribution < 1.29 is 0 Å². The van der Waals surface area contributed by atoms with Crippen molar-refractivity contribution in [3.63, 3.8) is 0 Å². The zero-order valence-corrected chi connectivity index (χ0v) is 7.91. The van der Waals surface area contributed by atoms with Gasteiger partial charge in [-0.3, -0.25) is 9.97 Å². The summed E-state index contributed by atoms with van der Waals surface area (Å²) in [6, 6.07) is 5.94. The molecule has 4 nitrogen and oxygen atoms in total. The van der Waals surface area contributed by atoms with Crippen molar-refractivity contribution >= 4 is 5.52 Å². The largest absolute Gasteiger partial charge is 0.261 e. The molecule has 3 heterocycles. The lowest BCUT2D eigenvalue weighted by Gasteiger charge is -1.96. The Labute approximate surface area is 86.2 Å². The lowest BCUT2D eigenvalue weighted by Crippen LogP contribution is -1.85. The molecule has 72 valence electrons. The second kappa shape index (κ2) is 3.16. The van der Waals surface area contributed by atoms with Crippen LogP contribution in [0, 0.1) is 0 Å². The van der Waals surface area contributed by atoms with Crippen LogP contribution in [-0.4, -0.2) is 19.6 Å². The molecule has 0 atom stereocenters. The summed E-state index contributed by atoms with van der Waals surface area (Å²) in [6.45, 7) is 0. The molecule has 0 saturated heterocycles. The molecule has 0 radical (unpaired) electrons. The molecule has 0 N–H and O–H groups in total. The van der Waals surface area contributed by atoms with Crippen molar-refractivity contribution in [3.05, 3.63) is 49.2 Å². The predicted molar refractivity (Wildman–Crippen MR) is 56.2 cm³/mol. The van der Waals surface area contributed by atoms with Gasteiger partial charge < -0.3 is 0 Å². The molecule has 0 aliphatic rings. The van der Waals surface area contributed by atoms with Crippen LogP contribution in [0.25, 0.3) is 16.8 Å². The van der Waals surface area contributed by atoms with Crippen molar-refractivity contribution in [1.82, 2.24) is 19.6 Å². The van der Waals surface area contributed by atoms with Crippen LogP contribution in [0.1, 0.15) is 0 Å². The van der Waals surface area contributed by atoms with Crippen molar-refractivity contribution in [1.29, 1.82) is 0 Å². The molecule has 0 unspecified atom stereocenters. The Morgan fingerprint density at radius 3 is 2.93 bits per heavy atom. The molecule has 0 spiro atoms. The second-order valence-electron chi connectivity index (χ2n) is 3.18. The van der Waals surface area contributed by atoms with E-state index in [1.165, 1.54) is 0 Å². The van der Waals surface area contributed by atoms with Gasteiger partial charge in [0.25, 0.3) is 0 Å². The van der Waals surface area contributed by atoms with Crippen molar-refractivity contribution in [3.8, 4) is 11.3 Å². The molecular formula is C11H8N4. The lowest BCUT2D eigenvalue weighted by atomic mass is 10.2. The van der Waals surface area contributed by atoms with E-state index in [-0.39, 0.29) is 0 Å². The quantitative estimate of drug-likeness (QED) is 0.596. The Morgan fingerprint density at radius 1 is 1.07 bits per heavy atom. The minimum atomic E-state index is 0.846. The Morgan fingerprint density at radius 2 is 2.07 bits per heavy atom. The topological polar surface area (TPSA) is 43.1 Å². The van der Waals surface area contributed by atoms with E-state index < -0.39 is 0 Å². The van der Waals surface area contributed by atoms with Gasteiger partial charge in [0, 0.05) is 24.2 Å². The molecule has 0 amide bonds. The summed E-state index contributed by atoms with van der Waals surface area (Å²) in [7, 11) is 0. The highest BCUT2D eigenvalue weighted by molar-refractivity contribution is 5.76. The summed E-state index contributed by atoms with van der Waals surface area (Å²) in [6.07, 6.45) is 8.80. The molecule has 4 heteroatoms. The van der Waals surface area contributed by atoms with Gasteiger partial charge in [-0.1, -0.05) is 6.07 Å². The second-order valence-corrected chi connectivity index (χ2v) is 3.18. The van der Waals surface area contributed by atoms with E-state index in [0.29, 0.717) is 0 Å². The number of aromatic nitrogens is 4. The number of hydrogen-bond donors (Lipinski definition) is 0. The van der Waals surface area contributed by atoms with Crippen LogP contribution in [0.5, 0.6) is 0 Å². The van der Waals surface area contributed by atoms with Crippen molar-refractivity contribution in [2.75, 3.05) is 0 Å². The highest BCUT2D eigenvalue weighted by Crippen LogP contribution is 2.20. The molecule has 0 fully saturated rings. The fraction of sp³-hybridized carbons (Fsp3) is 0. The van der Waals surface area contributed by atoms with Crippen molar-refractivity contribution in [2.24, 2.45) is 0 Å². The first-order chi connectivity index (χ1) is 7.45. The molecule has 0 aliphatic carbocycles. The van der Waals surface area contributed by atoms with Crippen molar-refractivity contribution in [2.45, 2.75) is 0 Å². The fourth-order valence-electron chi connectivity index (χ4n) is 1.57. The van der Waals surface area contributed by atoms with E-state index >= 15 is 0 Å². The van der Waals surface area contributed by atoms with Crippen LogP contribution >= 0.6 is 0 Å². The van der Waals surface area contributed by atoms with Crippen LogP contribution in [-0.2, 0) is 0 Å². The summed E-state index contributed by atoms with van der Waals surface area (Å²) in [5.41, 5.74) is 2.89. The molecule has 0 bridgehead atoms. The maximum atomic E-state index is 4.26. The maximum absolute atomic E-state index is 4.26. The van der Waals surface area contributed by atoms with E-state index in [2.05, 4.69) is 15.1 Å². The van der Waals surface area contributed by atoms with Gasteiger partial charge in [-0.15, -0.1) is 0 Å². The zero-order chi connectivity index (χ0) is 10.1. The molecule has 15 heavy (non-hydrogen) atoms. The molecule has 3 aromatic heterocycles. The third kappa shape index (κ3) is 1.27. The Hall–Kier alpha value is -2.23. The first-order valence-electron chi connectivity index (χ1n) is 4.64. The third-order valence-electron chi connectivity index (χ3n) is 2.27. The monoisotopic (exact) mass is 196 g/mol. The molecular weight excluding hydrogens is 188 g/mol. The average molecular weight is 196 g/mol. The highest BCUT2D eigenvalue weighted by Gasteiger charge is 2.05. The highest BCUT2D eigenvalue weighted by atomic mass is 15.2. The molecule has 0 saturated carbocycles. The number of pyridine rings is 1. The third-order valence-corrected chi connectivity index (χ3v) is 2.27. The summed E-state index contributed by atoms with van der Waals surface area (Å²) < 4.78 is 1.82. The summed E-state index contributed by atoms with van der Waals surface area (Å²) >= 11 is 0. The number of nitrogens with zero attached hydrogens (tertiary/aromatic N) is 4. The standard InChI is InChI=1S/C11H8N4/c1-2-6-15-11(3-1)9(7-14-15)10-8-12-4-5-13-10/h1-8H. The van der Waals surface area contributed by atoms with Crippen LogP contribution < -0.4 is 0 Å². The number of hydrogen-bond acceptors (Lipinski definition) is 3. The van der Waals surface area contributed by atoms with E-state index in [0.717, 1.165) is 16.8 Å². The van der Waals surface area contributed by atoms with Gasteiger partial charge in [-0.05, 0) is 12.1 Å². The van der Waals surface area contributed by atoms with Crippen LogP contribution in [0.4, 0.5) is 0 Å². The Bertz CT molecular complexity index is 586. The molecule has 0 aromatic carbocycles. The van der Waals surface area contributed by atoms with Gasteiger partial charge in [0.05, 0.1) is 23.6 Å². The number of fused-ring (bicyclic) bond motifs is 1. The maximum Gasteiger partial charge on any atom is 0.0923 e. The zero-order valence-electron chi connectivity index (χ0n) is 7.91. The lowest BCUT2D eigenvalue weighted by molar-refractivity contribution is 0.961. The normalized spacial score (nSPS) is 10.7. The summed E-state index contributed by atoms with van der Waals surface area (Å²) in [5, 5.41) is 4.24. The summed E-state index contributed by atoms with van der Waals surface area (Å²) in [5.74, 6) is 0. The van der Waals surface area contributed by atoms with Crippen LogP contribution in [0.3, 0.4) is 0 Å². The van der Waals surface area contributed by atoms with Crippen LogP contribution in [0.2, 0.25) is 0 Å². The van der Waals surface area contributed by atoms with Gasteiger partial charge in [0.15, 0.2) is 0 Å². The van der Waals surface area contributed by atoms with E-state index in [4.69, 9.17) is 0 Å². The SMILES string of the molecule is c1ccn2ncc(-c3cnccn3)c2c1. The Kier molecular flexibility index (Phi) is 1.71. The van der Waals surface area contributed by atoms with Gasteiger partial charge >= 0.3 is 0 Å². The minimum Gasteiger partial charge on any atom is -0.261 e. The van der Waals surface area contributed by atoms with Gasteiger partial charge in [-0.2, -0.15) is 5.10 Å². The molecule has 0 aliphatic heterocycles. The van der Waals surface area contributed by atoms with E-state index in [1.54, 1.807) is 24.8 Å². The number of rotatable bonds is 1. The fourth-order valence-corrected chi connectivity index (χ4v) is 1.57. The molecule has 3 rings (SSSR count). The Balaban J connectivity index is 2.28. The minimum absolute atomic E-state index is 0.846. The summed E-state index contributed by atoms with van der Waals surface area (Å²) in [4.78, 5) is 8.30. The van der Waals surface area contributed by atoms with Gasteiger partial charge in [0.2, 0.25) is 0 Å².